The predicted molar refractivity (Wildman–Crippen MR) is 108 cm³/mol. The topological polar surface area (TPSA) is 74.9 Å². The third kappa shape index (κ3) is 3.23. The summed E-state index contributed by atoms with van der Waals surface area (Å²) in [6.07, 6.45) is -2.52. The molecule has 1 saturated heterocycles. The van der Waals surface area contributed by atoms with Gasteiger partial charge in [-0.05, 0) is 32.9 Å². The molecule has 0 spiro atoms. The van der Waals surface area contributed by atoms with E-state index in [1.165, 1.54) is 4.90 Å². The van der Waals surface area contributed by atoms with Crippen LogP contribution in [0.5, 0.6) is 0 Å². The van der Waals surface area contributed by atoms with Gasteiger partial charge in [-0.15, -0.1) is 0 Å². The van der Waals surface area contributed by atoms with Crippen LogP contribution in [0.3, 0.4) is 0 Å². The Bertz CT molecular complexity index is 967. The minimum Gasteiger partial charge on any atom is -0.444 e. The number of amides is 1. The molecule has 1 aromatic heterocycles. The van der Waals surface area contributed by atoms with E-state index in [0.29, 0.717) is 0 Å². The molecular weight excluding hydrogens is 356 g/mol. The van der Waals surface area contributed by atoms with Crippen LogP contribution in [0, 0.1) is 0 Å². The van der Waals surface area contributed by atoms with Gasteiger partial charge in [0.25, 0.3) is 0 Å². The molecule has 4 rings (SSSR count). The second-order valence-electron chi connectivity index (χ2n) is 8.41. The lowest BCUT2D eigenvalue weighted by molar-refractivity contribution is -0.0704. The molecule has 0 radical (unpaired) electrons. The van der Waals surface area contributed by atoms with Gasteiger partial charge in [-0.25, -0.2) is 4.79 Å². The number of benzene rings is 2. The van der Waals surface area contributed by atoms with E-state index in [9.17, 15) is 15.0 Å². The largest absolute Gasteiger partial charge is 0.444 e. The Balaban J connectivity index is 1.79. The van der Waals surface area contributed by atoms with Crippen molar-refractivity contribution in [3.05, 3.63) is 48.5 Å². The number of aliphatic hydroxyl groups is 2. The number of aliphatic hydroxyl groups excluding tert-OH is 2. The van der Waals surface area contributed by atoms with Gasteiger partial charge in [0.15, 0.2) is 0 Å². The first-order chi connectivity index (χ1) is 13.3. The predicted octanol–water partition coefficient (Wildman–Crippen LogP) is 3.31. The fraction of sp³-hybridized carbons (Fsp3) is 0.409. The lowest BCUT2D eigenvalue weighted by Crippen LogP contribution is -2.55. The van der Waals surface area contributed by atoms with Crippen LogP contribution in [0.25, 0.3) is 21.8 Å². The zero-order chi connectivity index (χ0) is 20.1. The van der Waals surface area contributed by atoms with Crippen molar-refractivity contribution < 1.29 is 19.7 Å². The smallest absolute Gasteiger partial charge is 0.410 e. The molecule has 0 bridgehead atoms. The molecule has 2 heterocycles. The Morgan fingerprint density at radius 2 is 1.50 bits per heavy atom. The number of nitrogens with zero attached hydrogens (tertiary/aromatic N) is 2. The van der Waals surface area contributed by atoms with Crippen molar-refractivity contribution in [2.45, 2.75) is 44.6 Å². The van der Waals surface area contributed by atoms with Gasteiger partial charge in [0.05, 0.1) is 18.7 Å². The number of carbonyl (C=O) groups is 1. The number of fused-ring (bicyclic) bond motifs is 3. The van der Waals surface area contributed by atoms with Crippen molar-refractivity contribution in [1.29, 1.82) is 0 Å². The summed E-state index contributed by atoms with van der Waals surface area (Å²) in [7, 11) is 0. The van der Waals surface area contributed by atoms with Gasteiger partial charge in [0.2, 0.25) is 0 Å². The highest BCUT2D eigenvalue weighted by molar-refractivity contribution is 6.08. The molecule has 3 atom stereocenters. The van der Waals surface area contributed by atoms with Crippen molar-refractivity contribution >= 4 is 27.9 Å². The molecular formula is C22H26N2O4. The number of likely N-dealkylation sites (tertiary alicyclic amines) is 1. The number of aromatic nitrogens is 1. The van der Waals surface area contributed by atoms with Crippen LogP contribution in [-0.2, 0) is 4.74 Å². The fourth-order valence-corrected chi connectivity index (χ4v) is 4.02. The molecule has 1 amide bonds. The first-order valence-electron chi connectivity index (χ1n) is 9.58. The van der Waals surface area contributed by atoms with Crippen molar-refractivity contribution in [3.8, 4) is 0 Å². The Morgan fingerprint density at radius 3 is 2.04 bits per heavy atom. The van der Waals surface area contributed by atoms with Crippen LogP contribution in [0.15, 0.2) is 48.5 Å². The number of rotatable bonds is 1. The maximum Gasteiger partial charge on any atom is 0.410 e. The summed E-state index contributed by atoms with van der Waals surface area (Å²) in [6, 6.07) is 15.5. The summed E-state index contributed by atoms with van der Waals surface area (Å²) >= 11 is 0. The molecule has 2 N–H and O–H groups in total. The molecule has 148 valence electrons. The third-order valence-corrected chi connectivity index (χ3v) is 5.20. The van der Waals surface area contributed by atoms with Gasteiger partial charge in [-0.1, -0.05) is 36.4 Å². The van der Waals surface area contributed by atoms with Crippen LogP contribution in [0.1, 0.15) is 26.8 Å². The number of para-hydroxylation sites is 2. The highest BCUT2D eigenvalue weighted by atomic mass is 16.6. The normalized spacial score (nSPS) is 23.3. The monoisotopic (exact) mass is 382 g/mol. The van der Waals surface area contributed by atoms with Crippen LogP contribution in [0.4, 0.5) is 4.79 Å². The maximum atomic E-state index is 12.6. The average molecular weight is 382 g/mol. The second-order valence-corrected chi connectivity index (χ2v) is 8.41. The van der Waals surface area contributed by atoms with Crippen molar-refractivity contribution in [2.75, 3.05) is 13.1 Å². The zero-order valence-electron chi connectivity index (χ0n) is 16.4. The van der Waals surface area contributed by atoms with Gasteiger partial charge >= 0.3 is 6.09 Å². The minimum atomic E-state index is -1.05. The molecule has 3 aromatic rings. The lowest BCUT2D eigenvalue weighted by Gasteiger charge is -2.40. The van der Waals surface area contributed by atoms with E-state index in [4.69, 9.17) is 4.74 Å². The van der Waals surface area contributed by atoms with E-state index in [0.717, 1.165) is 21.8 Å². The number of ether oxygens (including phenoxy) is 1. The molecule has 6 nitrogen and oxygen atoms in total. The van der Waals surface area contributed by atoms with E-state index >= 15 is 0 Å². The first-order valence-corrected chi connectivity index (χ1v) is 9.58. The maximum absolute atomic E-state index is 12.6. The molecule has 1 fully saturated rings. The Morgan fingerprint density at radius 1 is 0.964 bits per heavy atom. The summed E-state index contributed by atoms with van der Waals surface area (Å²) in [5.74, 6) is 0. The Labute approximate surface area is 163 Å². The first kappa shape index (κ1) is 18.8. The van der Waals surface area contributed by atoms with Crippen molar-refractivity contribution in [1.82, 2.24) is 9.47 Å². The average Bonchev–Trinajstić information content (AvgIpc) is 2.97. The van der Waals surface area contributed by atoms with E-state index < -0.39 is 29.9 Å². The van der Waals surface area contributed by atoms with Crippen molar-refractivity contribution in [3.63, 3.8) is 0 Å². The van der Waals surface area contributed by atoms with Crippen molar-refractivity contribution in [2.24, 2.45) is 0 Å². The van der Waals surface area contributed by atoms with Gasteiger partial charge in [-0.3, -0.25) is 0 Å². The Hall–Kier alpha value is -2.57. The van der Waals surface area contributed by atoms with E-state index in [-0.39, 0.29) is 13.1 Å². The van der Waals surface area contributed by atoms with Gasteiger partial charge in [-0.2, -0.15) is 0 Å². The zero-order valence-corrected chi connectivity index (χ0v) is 16.4. The molecule has 1 aliphatic heterocycles. The molecule has 2 aromatic carbocycles. The molecule has 1 aliphatic rings. The lowest BCUT2D eigenvalue weighted by atomic mass is 9.99. The minimum absolute atomic E-state index is 0.0454. The summed E-state index contributed by atoms with van der Waals surface area (Å²) < 4.78 is 7.52. The summed E-state index contributed by atoms with van der Waals surface area (Å²) in [6.45, 7) is 5.74. The van der Waals surface area contributed by atoms with Crippen LogP contribution in [0.2, 0.25) is 0 Å². The number of piperidine rings is 1. The molecule has 0 saturated carbocycles. The highest BCUT2D eigenvalue weighted by Crippen LogP contribution is 2.35. The van der Waals surface area contributed by atoms with E-state index in [1.54, 1.807) is 0 Å². The third-order valence-electron chi connectivity index (χ3n) is 5.20. The fourth-order valence-electron chi connectivity index (χ4n) is 4.02. The van der Waals surface area contributed by atoms with Crippen LogP contribution in [-0.4, -0.2) is 56.7 Å². The summed E-state index contributed by atoms with van der Waals surface area (Å²) in [5.41, 5.74) is 1.30. The van der Waals surface area contributed by atoms with E-state index in [2.05, 4.69) is 0 Å². The number of hydrogen-bond acceptors (Lipinski definition) is 4. The quantitative estimate of drug-likeness (QED) is 0.677. The molecule has 6 heteroatoms. The Kier molecular flexibility index (Phi) is 4.56. The van der Waals surface area contributed by atoms with Gasteiger partial charge in [0, 0.05) is 28.4 Å². The SMILES string of the molecule is CC(C)(C)OC(=O)N1CC(O)C(O)C(n2c3ccccc3c3ccccc32)C1. The summed E-state index contributed by atoms with van der Waals surface area (Å²) in [5, 5.41) is 23.5. The molecule has 3 unspecified atom stereocenters. The standard InChI is InChI=1S/C22H26N2O4/c1-22(2,3)28-21(27)23-12-18(20(26)19(25)13-23)24-16-10-6-4-8-14(16)15-9-5-7-11-17(15)24/h4-11,18-20,25-26H,12-13H2,1-3H3. The number of hydrogen-bond donors (Lipinski definition) is 2. The van der Waals surface area contributed by atoms with Crippen LogP contribution < -0.4 is 0 Å². The molecule has 0 aliphatic carbocycles. The number of β-amino-alcohol motifs (C(OH)–C–C–N with tert-alkyl or cyclic N) is 1. The number of carbonyl (C=O) groups excluding carboxylic acids is 1. The highest BCUT2D eigenvalue weighted by Gasteiger charge is 2.40. The van der Waals surface area contributed by atoms with Gasteiger partial charge in [0.1, 0.15) is 11.7 Å². The van der Waals surface area contributed by atoms with Gasteiger partial charge < -0.3 is 24.4 Å². The van der Waals surface area contributed by atoms with Crippen LogP contribution >= 0.6 is 0 Å². The molecule has 28 heavy (non-hydrogen) atoms. The second kappa shape index (κ2) is 6.79. The van der Waals surface area contributed by atoms with E-state index in [1.807, 2.05) is 73.9 Å². The summed E-state index contributed by atoms with van der Waals surface area (Å²) in [4.78, 5) is 14.1.